The number of ketones is 1. The molecule has 76 valence electrons. The topological polar surface area (TPSA) is 141 Å². The van der Waals surface area contributed by atoms with E-state index in [9.17, 15) is 19.8 Å². The van der Waals surface area contributed by atoms with Crippen LogP contribution in [0.3, 0.4) is 0 Å². The number of Topliss-reactive ketones (excluding diaryl/α,β-unsaturated/α-hetero) is 1. The van der Waals surface area contributed by atoms with Crippen LogP contribution in [0, 0.1) is 0 Å². The van der Waals surface area contributed by atoms with Gasteiger partial charge in [-0.1, -0.05) is 6.61 Å². The first-order chi connectivity index (χ1) is 5.91. The average Bonchev–Trinajstić information content (AvgIpc) is 2.12. The van der Waals surface area contributed by atoms with E-state index in [1.54, 1.807) is 0 Å². The third-order valence-corrected chi connectivity index (χ3v) is 1.36. The van der Waals surface area contributed by atoms with Crippen LogP contribution in [0.5, 0.6) is 0 Å². The number of carbonyl (C=O) groups excluding carboxylic acids is 2. The van der Waals surface area contributed by atoms with Crippen LogP contribution in [-0.2, 0) is 9.59 Å². The normalized spacial score (nSPS) is 16.3. The largest absolute Gasteiger partial charge is 2.00 e. The van der Waals surface area contributed by atoms with Gasteiger partial charge in [-0.05, 0) is 0 Å². The number of hydrogen-bond donors (Lipinski definition) is 3. The molecule has 0 heterocycles. The van der Waals surface area contributed by atoms with Gasteiger partial charge >= 0.3 is 37.7 Å². The second-order valence-corrected chi connectivity index (χ2v) is 2.31. The predicted molar refractivity (Wildman–Crippen MR) is 38.7 cm³/mol. The van der Waals surface area contributed by atoms with E-state index in [0.717, 1.165) is 0 Å². The number of carboxylic acid groups (broad SMARTS) is 1. The van der Waals surface area contributed by atoms with Gasteiger partial charge in [0, 0.05) is 0 Å². The van der Waals surface area contributed by atoms with E-state index in [4.69, 9.17) is 15.3 Å². The number of hydrogen-bond acceptors (Lipinski definition) is 7. The van der Waals surface area contributed by atoms with Crippen LogP contribution >= 0.6 is 0 Å². The maximum absolute atomic E-state index is 10.4. The summed E-state index contributed by atoms with van der Waals surface area (Å²) < 4.78 is 0. The van der Waals surface area contributed by atoms with E-state index in [-0.39, 0.29) is 37.7 Å². The Bertz CT molecular complexity index is 206. The Balaban J connectivity index is 0. The summed E-state index contributed by atoms with van der Waals surface area (Å²) >= 11 is 0. The molecular weight excluding hydrogens is 224 g/mol. The van der Waals surface area contributed by atoms with Gasteiger partial charge in [0.2, 0.25) is 0 Å². The number of carboxylic acids is 1. The molecule has 3 unspecified atom stereocenters. The van der Waals surface area contributed by atoms with Crippen molar-refractivity contribution in [2.24, 2.45) is 0 Å². The van der Waals surface area contributed by atoms with Crippen molar-refractivity contribution in [3.05, 3.63) is 0 Å². The Morgan fingerprint density at radius 2 is 1.57 bits per heavy atom. The Hall–Kier alpha value is 0.240. The van der Waals surface area contributed by atoms with E-state index < -0.39 is 36.7 Å². The zero-order valence-corrected chi connectivity index (χ0v) is 9.33. The first-order valence-electron chi connectivity index (χ1n) is 3.27. The van der Waals surface area contributed by atoms with Crippen LogP contribution in [0.2, 0.25) is 0 Å². The van der Waals surface area contributed by atoms with Gasteiger partial charge in [0.1, 0.15) is 24.1 Å². The fourth-order valence-electron chi connectivity index (χ4n) is 0.588. The first kappa shape index (κ1) is 16.7. The van der Waals surface area contributed by atoms with E-state index in [1.165, 1.54) is 0 Å². The molecule has 0 aliphatic rings. The summed E-state index contributed by atoms with van der Waals surface area (Å²) in [5, 5.41) is 46.0. The van der Waals surface area contributed by atoms with E-state index >= 15 is 0 Å². The molecular formula is C6H8CaO7. The third-order valence-electron chi connectivity index (χ3n) is 1.36. The van der Waals surface area contributed by atoms with Crippen LogP contribution in [0.15, 0.2) is 0 Å². The fraction of sp³-hybridized carbons (Fsp3) is 0.667. The molecule has 0 aromatic rings. The molecule has 7 nitrogen and oxygen atoms in total. The van der Waals surface area contributed by atoms with Crippen molar-refractivity contribution in [3.8, 4) is 0 Å². The van der Waals surface area contributed by atoms with E-state index in [0.29, 0.717) is 0 Å². The van der Waals surface area contributed by atoms with Crippen molar-refractivity contribution in [1.29, 1.82) is 0 Å². The Labute approximate surface area is 109 Å². The molecule has 0 aliphatic carbocycles. The second-order valence-electron chi connectivity index (χ2n) is 2.31. The Kier molecular flexibility index (Phi) is 8.95. The van der Waals surface area contributed by atoms with E-state index in [2.05, 4.69) is 0 Å². The molecule has 0 saturated carbocycles. The molecule has 3 N–H and O–H groups in total. The summed E-state index contributed by atoms with van der Waals surface area (Å²) in [5.74, 6) is -3.34. The monoisotopic (exact) mass is 232 g/mol. The van der Waals surface area contributed by atoms with Crippen molar-refractivity contribution in [3.63, 3.8) is 0 Å². The van der Waals surface area contributed by atoms with Crippen molar-refractivity contribution < 1.29 is 35.1 Å². The molecule has 0 saturated heterocycles. The zero-order valence-electron chi connectivity index (χ0n) is 7.12. The van der Waals surface area contributed by atoms with Gasteiger partial charge in [-0.3, -0.25) is 4.79 Å². The maximum Gasteiger partial charge on any atom is 2.00 e. The van der Waals surface area contributed by atoms with Gasteiger partial charge in [0.05, 0.1) is 5.97 Å². The molecule has 0 aromatic heterocycles. The Morgan fingerprint density at radius 1 is 1.14 bits per heavy atom. The molecule has 0 bridgehead atoms. The minimum Gasteiger partial charge on any atom is -0.849 e. The van der Waals surface area contributed by atoms with Crippen molar-refractivity contribution in [1.82, 2.24) is 0 Å². The zero-order chi connectivity index (χ0) is 10.6. The van der Waals surface area contributed by atoms with Crippen LogP contribution in [0.1, 0.15) is 0 Å². The number of aliphatic carboxylic acids is 1. The minimum absolute atomic E-state index is 0. The van der Waals surface area contributed by atoms with Gasteiger partial charge < -0.3 is 30.3 Å². The quantitative estimate of drug-likeness (QED) is 0.401. The number of aliphatic hydroxyl groups excluding tert-OH is 3. The van der Waals surface area contributed by atoms with Gasteiger partial charge in [-0.25, -0.2) is 0 Å². The van der Waals surface area contributed by atoms with Crippen LogP contribution in [-0.4, -0.2) is 89.7 Å². The van der Waals surface area contributed by atoms with E-state index in [1.807, 2.05) is 0 Å². The van der Waals surface area contributed by atoms with Crippen LogP contribution < -0.4 is 10.2 Å². The van der Waals surface area contributed by atoms with Crippen molar-refractivity contribution >= 4 is 49.5 Å². The van der Waals surface area contributed by atoms with Gasteiger partial charge in [-0.15, -0.1) is 0 Å². The summed E-state index contributed by atoms with van der Waals surface area (Å²) in [6.45, 7) is -1.31. The summed E-state index contributed by atoms with van der Waals surface area (Å²) in [7, 11) is 0. The molecule has 8 heteroatoms. The molecule has 0 aromatic carbocycles. The third kappa shape index (κ3) is 4.65. The number of rotatable bonds is 5. The molecule has 3 atom stereocenters. The molecule has 0 radical (unpaired) electrons. The van der Waals surface area contributed by atoms with Crippen LogP contribution in [0.4, 0.5) is 0 Å². The van der Waals surface area contributed by atoms with Crippen molar-refractivity contribution in [2.45, 2.75) is 18.3 Å². The van der Waals surface area contributed by atoms with Gasteiger partial charge in [0.25, 0.3) is 0 Å². The minimum atomic E-state index is -2.40. The molecule has 14 heavy (non-hydrogen) atoms. The average molecular weight is 232 g/mol. The summed E-state index contributed by atoms with van der Waals surface area (Å²) in [6, 6.07) is 0. The maximum atomic E-state index is 10.4. The molecule has 0 rings (SSSR count). The Morgan fingerprint density at radius 3 is 1.86 bits per heavy atom. The van der Waals surface area contributed by atoms with Gasteiger partial charge in [-0.2, -0.15) is 0 Å². The van der Waals surface area contributed by atoms with Crippen molar-refractivity contribution in [2.75, 3.05) is 6.61 Å². The SMILES string of the molecule is O=C([O-])C(O)C(O)C(O)C(=O)C[O-].[Ca+2]. The number of carbonyl (C=O) groups is 2. The number of aliphatic hydroxyl groups is 3. The van der Waals surface area contributed by atoms with Gasteiger partial charge in [0.15, 0.2) is 0 Å². The fourth-order valence-corrected chi connectivity index (χ4v) is 0.588. The molecule has 0 fully saturated rings. The first-order valence-corrected chi connectivity index (χ1v) is 3.27. The second kappa shape index (κ2) is 7.52. The summed E-state index contributed by atoms with van der Waals surface area (Å²) in [5.41, 5.74) is 0. The smallest absolute Gasteiger partial charge is 0.849 e. The summed E-state index contributed by atoms with van der Waals surface area (Å²) in [4.78, 5) is 20.4. The van der Waals surface area contributed by atoms with Crippen LogP contribution in [0.25, 0.3) is 0 Å². The summed E-state index contributed by atoms with van der Waals surface area (Å²) in [6.07, 6.45) is -6.85. The molecule has 0 aliphatic heterocycles. The standard InChI is InChI=1S/C6H9O7.Ca/c7-1-2(8)3(9)4(10)5(11)6(12)13;/h3-5,9-11H,1H2,(H,12,13);/q-1;+2/p-1. The predicted octanol–water partition coefficient (Wildman–Crippen LogP) is -5.63. The molecule has 0 spiro atoms. The molecule has 0 amide bonds.